The first-order valence-electron chi connectivity index (χ1n) is 9.69. The van der Waals surface area contributed by atoms with E-state index in [4.69, 9.17) is 0 Å². The van der Waals surface area contributed by atoms with Gasteiger partial charge in [0, 0.05) is 31.2 Å². The molecule has 4 rings (SSSR count). The molecule has 0 spiro atoms. The summed E-state index contributed by atoms with van der Waals surface area (Å²) in [4.78, 5) is 41.7. The van der Waals surface area contributed by atoms with E-state index in [9.17, 15) is 14.4 Å². The molecule has 0 bridgehead atoms. The lowest BCUT2D eigenvalue weighted by Crippen LogP contribution is -2.40. The van der Waals surface area contributed by atoms with Crippen molar-refractivity contribution in [1.82, 2.24) is 15.1 Å². The first-order valence-corrected chi connectivity index (χ1v) is 9.69. The van der Waals surface area contributed by atoms with Gasteiger partial charge in [0.1, 0.15) is 0 Å². The lowest BCUT2D eigenvalue weighted by atomic mass is 9.94. The van der Waals surface area contributed by atoms with Crippen molar-refractivity contribution in [1.29, 1.82) is 0 Å². The fourth-order valence-electron chi connectivity index (χ4n) is 4.29. The van der Waals surface area contributed by atoms with Gasteiger partial charge in [-0.15, -0.1) is 0 Å². The van der Waals surface area contributed by atoms with Crippen molar-refractivity contribution < 1.29 is 14.4 Å². The molecule has 2 aliphatic heterocycles. The standard InChI is InChI=1S/C20H25N3O3/c24-18(22-11-4-9-21-10-12-22)14-7-8-16-17(13-14)20(26)23(19(16)25)15-5-2-1-3-6-15/h7-8,13,15,21H,1-6,9-12H2. The average Bonchev–Trinajstić information content (AvgIpc) is 2.87. The van der Waals surface area contributed by atoms with E-state index in [0.29, 0.717) is 29.8 Å². The average molecular weight is 355 g/mol. The van der Waals surface area contributed by atoms with Gasteiger partial charge in [-0.05, 0) is 44.0 Å². The fourth-order valence-corrected chi connectivity index (χ4v) is 4.29. The Kier molecular flexibility index (Phi) is 4.76. The van der Waals surface area contributed by atoms with E-state index >= 15 is 0 Å². The molecule has 1 aromatic carbocycles. The summed E-state index contributed by atoms with van der Waals surface area (Å²) in [6.45, 7) is 3.07. The van der Waals surface area contributed by atoms with Crippen molar-refractivity contribution >= 4 is 17.7 Å². The number of benzene rings is 1. The molecule has 0 atom stereocenters. The number of hydrogen-bond donors (Lipinski definition) is 1. The van der Waals surface area contributed by atoms with Gasteiger partial charge in [-0.3, -0.25) is 19.3 Å². The van der Waals surface area contributed by atoms with Crippen LogP contribution in [0, 0.1) is 0 Å². The molecule has 1 saturated heterocycles. The molecule has 1 aliphatic carbocycles. The Bertz CT molecular complexity index is 732. The summed E-state index contributed by atoms with van der Waals surface area (Å²) in [5, 5.41) is 3.28. The van der Waals surface area contributed by atoms with E-state index in [0.717, 1.165) is 45.2 Å². The van der Waals surface area contributed by atoms with Crippen molar-refractivity contribution in [3.63, 3.8) is 0 Å². The summed E-state index contributed by atoms with van der Waals surface area (Å²) in [6, 6.07) is 4.97. The summed E-state index contributed by atoms with van der Waals surface area (Å²) < 4.78 is 0. The molecule has 2 heterocycles. The highest BCUT2D eigenvalue weighted by Gasteiger charge is 2.40. The van der Waals surface area contributed by atoms with E-state index in [1.165, 1.54) is 11.3 Å². The lowest BCUT2D eigenvalue weighted by Gasteiger charge is -2.29. The van der Waals surface area contributed by atoms with Crippen LogP contribution >= 0.6 is 0 Å². The topological polar surface area (TPSA) is 69.7 Å². The maximum Gasteiger partial charge on any atom is 0.261 e. The van der Waals surface area contributed by atoms with Crippen LogP contribution in [0.4, 0.5) is 0 Å². The summed E-state index contributed by atoms with van der Waals surface area (Å²) in [5.74, 6) is -0.494. The van der Waals surface area contributed by atoms with Crippen LogP contribution in [0.15, 0.2) is 18.2 Å². The minimum Gasteiger partial charge on any atom is -0.337 e. The second-order valence-electron chi connectivity index (χ2n) is 7.43. The third kappa shape index (κ3) is 3.03. The maximum absolute atomic E-state index is 12.9. The number of carbonyl (C=O) groups excluding carboxylic acids is 3. The van der Waals surface area contributed by atoms with Crippen molar-refractivity contribution in [3.8, 4) is 0 Å². The number of hydrogen-bond acceptors (Lipinski definition) is 4. The van der Waals surface area contributed by atoms with Crippen LogP contribution < -0.4 is 5.32 Å². The van der Waals surface area contributed by atoms with Gasteiger partial charge in [-0.2, -0.15) is 0 Å². The molecule has 3 amide bonds. The fraction of sp³-hybridized carbons (Fsp3) is 0.550. The molecule has 1 aromatic rings. The number of fused-ring (bicyclic) bond motifs is 1. The van der Waals surface area contributed by atoms with Gasteiger partial charge in [-0.25, -0.2) is 0 Å². The van der Waals surface area contributed by atoms with E-state index in [-0.39, 0.29) is 23.8 Å². The van der Waals surface area contributed by atoms with Crippen LogP contribution in [0.1, 0.15) is 69.6 Å². The van der Waals surface area contributed by atoms with Crippen LogP contribution in [-0.4, -0.2) is 59.7 Å². The number of nitrogens with zero attached hydrogens (tertiary/aromatic N) is 2. The van der Waals surface area contributed by atoms with Gasteiger partial charge in [0.2, 0.25) is 0 Å². The van der Waals surface area contributed by atoms with Gasteiger partial charge in [0.05, 0.1) is 11.1 Å². The highest BCUT2D eigenvalue weighted by molar-refractivity contribution is 6.22. The Hall–Kier alpha value is -2.21. The molecule has 0 radical (unpaired) electrons. The first kappa shape index (κ1) is 17.2. The molecule has 1 saturated carbocycles. The smallest absolute Gasteiger partial charge is 0.261 e. The summed E-state index contributed by atoms with van der Waals surface area (Å²) in [5.41, 5.74) is 1.33. The second-order valence-corrected chi connectivity index (χ2v) is 7.43. The molecule has 0 aromatic heterocycles. The molecule has 1 N–H and O–H groups in total. The zero-order chi connectivity index (χ0) is 18.1. The largest absolute Gasteiger partial charge is 0.337 e. The highest BCUT2D eigenvalue weighted by Crippen LogP contribution is 2.31. The normalized spacial score (nSPS) is 21.7. The summed E-state index contributed by atoms with van der Waals surface area (Å²) in [7, 11) is 0. The highest BCUT2D eigenvalue weighted by atomic mass is 16.2. The monoisotopic (exact) mass is 355 g/mol. The van der Waals surface area contributed by atoms with E-state index in [1.54, 1.807) is 18.2 Å². The molecular weight excluding hydrogens is 330 g/mol. The van der Waals surface area contributed by atoms with E-state index in [1.807, 2.05) is 4.90 Å². The molecule has 2 fully saturated rings. The third-order valence-electron chi connectivity index (χ3n) is 5.73. The molecule has 3 aliphatic rings. The van der Waals surface area contributed by atoms with Crippen molar-refractivity contribution in [3.05, 3.63) is 34.9 Å². The predicted octanol–water partition coefficient (Wildman–Crippen LogP) is 2.05. The van der Waals surface area contributed by atoms with Gasteiger partial charge in [0.25, 0.3) is 17.7 Å². The number of carbonyl (C=O) groups is 3. The van der Waals surface area contributed by atoms with Gasteiger partial charge >= 0.3 is 0 Å². The quantitative estimate of drug-likeness (QED) is 0.825. The molecule has 6 nitrogen and oxygen atoms in total. The molecule has 0 unspecified atom stereocenters. The van der Waals surface area contributed by atoms with E-state index in [2.05, 4.69) is 5.32 Å². The number of nitrogens with one attached hydrogen (secondary N) is 1. The number of imide groups is 1. The Labute approximate surface area is 153 Å². The first-order chi connectivity index (χ1) is 12.7. The third-order valence-corrected chi connectivity index (χ3v) is 5.73. The maximum atomic E-state index is 12.9. The number of rotatable bonds is 2. The summed E-state index contributed by atoms with van der Waals surface area (Å²) in [6.07, 6.45) is 5.98. The van der Waals surface area contributed by atoms with Crippen LogP contribution in [0.3, 0.4) is 0 Å². The Morgan fingerprint density at radius 2 is 1.69 bits per heavy atom. The van der Waals surface area contributed by atoms with Gasteiger partial charge in [-0.1, -0.05) is 19.3 Å². The molecule has 6 heteroatoms. The lowest BCUT2D eigenvalue weighted by molar-refractivity contribution is 0.0548. The zero-order valence-electron chi connectivity index (χ0n) is 15.0. The van der Waals surface area contributed by atoms with Crippen LogP contribution in [0.25, 0.3) is 0 Å². The van der Waals surface area contributed by atoms with Crippen LogP contribution in [-0.2, 0) is 0 Å². The second kappa shape index (κ2) is 7.19. The number of amides is 3. The van der Waals surface area contributed by atoms with Crippen LogP contribution in [0.2, 0.25) is 0 Å². The zero-order valence-corrected chi connectivity index (χ0v) is 15.0. The minimum absolute atomic E-state index is 0.00647. The molecule has 26 heavy (non-hydrogen) atoms. The minimum atomic E-state index is -0.232. The van der Waals surface area contributed by atoms with Crippen molar-refractivity contribution in [2.24, 2.45) is 0 Å². The van der Waals surface area contributed by atoms with Crippen molar-refractivity contribution in [2.45, 2.75) is 44.6 Å². The molecular formula is C20H25N3O3. The SMILES string of the molecule is O=C(c1ccc2c(c1)C(=O)N(C1CCCCC1)C2=O)N1CCCNCC1. The van der Waals surface area contributed by atoms with Gasteiger partial charge in [0.15, 0.2) is 0 Å². The Morgan fingerprint density at radius 3 is 2.50 bits per heavy atom. The summed E-state index contributed by atoms with van der Waals surface area (Å²) >= 11 is 0. The predicted molar refractivity (Wildman–Crippen MR) is 97.2 cm³/mol. The van der Waals surface area contributed by atoms with E-state index < -0.39 is 0 Å². The van der Waals surface area contributed by atoms with Gasteiger partial charge < -0.3 is 10.2 Å². The van der Waals surface area contributed by atoms with Crippen molar-refractivity contribution in [2.75, 3.05) is 26.2 Å². The van der Waals surface area contributed by atoms with Crippen LogP contribution in [0.5, 0.6) is 0 Å². The molecule has 138 valence electrons. The Balaban J connectivity index is 1.58. The Morgan fingerprint density at radius 1 is 0.923 bits per heavy atom.